The molecule has 0 spiro atoms. The van der Waals surface area contributed by atoms with E-state index in [0.29, 0.717) is 22.7 Å². The summed E-state index contributed by atoms with van der Waals surface area (Å²) in [6.45, 7) is 2.41. The molecule has 3 rings (SSSR count). The van der Waals surface area contributed by atoms with Crippen LogP contribution >= 0.6 is 11.6 Å². The molecule has 2 aromatic rings. The number of carbonyl (C=O) groups is 1. The van der Waals surface area contributed by atoms with Crippen LogP contribution in [0.3, 0.4) is 0 Å². The third-order valence-corrected chi connectivity index (χ3v) is 6.12. The maximum Gasteiger partial charge on any atom is 0.251 e. The smallest absolute Gasteiger partial charge is 0.251 e. The molecule has 1 heterocycles. The van der Waals surface area contributed by atoms with Gasteiger partial charge in [-0.3, -0.25) is 9.69 Å². The maximum atomic E-state index is 12.7. The zero-order valence-corrected chi connectivity index (χ0v) is 17.5. The molecule has 0 unspecified atom stereocenters. The molecule has 28 heavy (non-hydrogen) atoms. The van der Waals surface area contributed by atoms with Gasteiger partial charge in [-0.15, -0.1) is 0 Å². The molecule has 0 aromatic heterocycles. The molecule has 1 N–H and O–H groups in total. The first kappa shape index (κ1) is 20.8. The summed E-state index contributed by atoms with van der Waals surface area (Å²) in [6.07, 6.45) is 3.47. The first-order chi connectivity index (χ1) is 13.3. The van der Waals surface area contributed by atoms with Gasteiger partial charge in [0.25, 0.3) is 5.91 Å². The van der Waals surface area contributed by atoms with Crippen molar-refractivity contribution in [2.75, 3.05) is 25.9 Å². The monoisotopic (exact) mass is 420 g/mol. The quantitative estimate of drug-likeness (QED) is 0.745. The molecular formula is C21H25ClN2O3S. The van der Waals surface area contributed by atoms with Gasteiger partial charge in [0.2, 0.25) is 0 Å². The molecule has 0 radical (unpaired) electrons. The Balaban J connectivity index is 1.73. The molecule has 0 saturated carbocycles. The fourth-order valence-electron chi connectivity index (χ4n) is 3.63. The van der Waals surface area contributed by atoms with Crippen molar-refractivity contribution in [3.63, 3.8) is 0 Å². The number of halogens is 1. The minimum atomic E-state index is -3.15. The summed E-state index contributed by atoms with van der Waals surface area (Å²) in [5, 5.41) is 3.70. The minimum Gasteiger partial charge on any atom is -0.350 e. The van der Waals surface area contributed by atoms with Crippen molar-refractivity contribution < 1.29 is 13.2 Å². The summed E-state index contributed by atoms with van der Waals surface area (Å²) in [6, 6.07) is 14.5. The summed E-state index contributed by atoms with van der Waals surface area (Å²) >= 11 is 6.42. The Morgan fingerprint density at radius 3 is 2.54 bits per heavy atom. The molecule has 1 aliphatic rings. The number of likely N-dealkylation sites (tertiary alicyclic amines) is 1. The first-order valence-corrected chi connectivity index (χ1v) is 11.8. The second kappa shape index (κ2) is 9.07. The van der Waals surface area contributed by atoms with Gasteiger partial charge in [-0.25, -0.2) is 8.42 Å². The van der Waals surface area contributed by atoms with E-state index in [4.69, 9.17) is 11.6 Å². The van der Waals surface area contributed by atoms with E-state index in [0.717, 1.165) is 31.5 Å². The van der Waals surface area contributed by atoms with E-state index in [1.165, 1.54) is 6.26 Å². The highest BCUT2D eigenvalue weighted by Gasteiger charge is 2.25. The lowest BCUT2D eigenvalue weighted by molar-refractivity contribution is 0.0938. The second-order valence-corrected chi connectivity index (χ2v) is 9.81. The van der Waals surface area contributed by atoms with Crippen LogP contribution in [0.25, 0.3) is 0 Å². The highest BCUT2D eigenvalue weighted by molar-refractivity contribution is 7.89. The SMILES string of the molecule is CS(=O)(=O)Cc1cccc(C(=O)NC[C@H](c2ccccc2Cl)N2CCCC2)c1. The second-order valence-electron chi connectivity index (χ2n) is 7.26. The Morgan fingerprint density at radius 1 is 1.14 bits per heavy atom. The molecule has 1 fully saturated rings. The predicted molar refractivity (Wildman–Crippen MR) is 112 cm³/mol. The zero-order valence-electron chi connectivity index (χ0n) is 15.9. The standard InChI is InChI=1S/C21H25ClN2O3S/c1-28(26,27)15-16-7-6-8-17(13-16)21(25)23-14-20(24-11-4-5-12-24)18-9-2-3-10-19(18)22/h2-3,6-10,13,20H,4-5,11-12,14-15H2,1H3,(H,23,25)/t20-/m1/s1. The lowest BCUT2D eigenvalue weighted by Crippen LogP contribution is -2.37. The normalized spacial score (nSPS) is 16.1. The van der Waals surface area contributed by atoms with Crippen LogP contribution in [-0.4, -0.2) is 45.1 Å². The molecule has 150 valence electrons. The van der Waals surface area contributed by atoms with Gasteiger partial charge in [-0.05, 0) is 55.3 Å². The average molecular weight is 421 g/mol. The lowest BCUT2D eigenvalue weighted by Gasteiger charge is -2.29. The van der Waals surface area contributed by atoms with Crippen LogP contribution < -0.4 is 5.32 Å². The Bertz CT molecular complexity index is 940. The molecule has 7 heteroatoms. The third kappa shape index (κ3) is 5.56. The fraction of sp³-hybridized carbons (Fsp3) is 0.381. The Hall–Kier alpha value is -1.89. The van der Waals surface area contributed by atoms with E-state index in [1.54, 1.807) is 24.3 Å². The number of rotatable bonds is 7. The number of benzene rings is 2. The summed E-state index contributed by atoms with van der Waals surface area (Å²) in [4.78, 5) is 15.0. The van der Waals surface area contributed by atoms with E-state index in [2.05, 4.69) is 10.2 Å². The molecule has 1 saturated heterocycles. The number of amides is 1. The van der Waals surface area contributed by atoms with Crippen LogP contribution in [0.5, 0.6) is 0 Å². The van der Waals surface area contributed by atoms with E-state index in [1.807, 2.05) is 24.3 Å². The number of hydrogen-bond acceptors (Lipinski definition) is 4. The van der Waals surface area contributed by atoms with Crippen LogP contribution in [0.2, 0.25) is 5.02 Å². The average Bonchev–Trinajstić information content (AvgIpc) is 3.16. The van der Waals surface area contributed by atoms with E-state index >= 15 is 0 Å². The third-order valence-electron chi connectivity index (χ3n) is 4.92. The summed E-state index contributed by atoms with van der Waals surface area (Å²) in [7, 11) is -3.15. The van der Waals surface area contributed by atoms with E-state index in [9.17, 15) is 13.2 Å². The van der Waals surface area contributed by atoms with Crippen molar-refractivity contribution in [3.05, 3.63) is 70.2 Å². The number of sulfone groups is 1. The highest BCUT2D eigenvalue weighted by atomic mass is 35.5. The van der Waals surface area contributed by atoms with Crippen LogP contribution in [0.4, 0.5) is 0 Å². The van der Waals surface area contributed by atoms with Gasteiger partial charge in [0.05, 0.1) is 11.8 Å². The number of hydrogen-bond donors (Lipinski definition) is 1. The van der Waals surface area contributed by atoms with E-state index in [-0.39, 0.29) is 17.7 Å². The molecule has 0 aliphatic carbocycles. The Kier molecular flexibility index (Phi) is 6.75. The van der Waals surface area contributed by atoms with Crippen molar-refractivity contribution in [1.82, 2.24) is 10.2 Å². The van der Waals surface area contributed by atoms with Crippen molar-refractivity contribution >= 4 is 27.3 Å². The van der Waals surface area contributed by atoms with Gasteiger partial charge >= 0.3 is 0 Å². The van der Waals surface area contributed by atoms with Gasteiger partial charge in [0.15, 0.2) is 9.84 Å². The van der Waals surface area contributed by atoms with Crippen molar-refractivity contribution in [3.8, 4) is 0 Å². The molecule has 1 aliphatic heterocycles. The summed E-state index contributed by atoms with van der Waals surface area (Å²) in [5.74, 6) is -0.295. The van der Waals surface area contributed by atoms with Crippen LogP contribution in [0, 0.1) is 0 Å². The molecule has 1 atom stereocenters. The van der Waals surface area contributed by atoms with Gasteiger partial charge in [-0.2, -0.15) is 0 Å². The predicted octanol–water partition coefficient (Wildman–Crippen LogP) is 3.45. The maximum absolute atomic E-state index is 12.7. The van der Waals surface area contributed by atoms with Crippen LogP contribution in [0.1, 0.15) is 40.4 Å². The molecule has 2 aromatic carbocycles. The largest absolute Gasteiger partial charge is 0.350 e. The molecule has 5 nitrogen and oxygen atoms in total. The van der Waals surface area contributed by atoms with Crippen molar-refractivity contribution in [2.24, 2.45) is 0 Å². The van der Waals surface area contributed by atoms with Gasteiger partial charge < -0.3 is 5.32 Å². The Morgan fingerprint density at radius 2 is 1.86 bits per heavy atom. The zero-order chi connectivity index (χ0) is 20.1. The van der Waals surface area contributed by atoms with Crippen LogP contribution in [0.15, 0.2) is 48.5 Å². The Labute approximate surface area is 171 Å². The van der Waals surface area contributed by atoms with Crippen LogP contribution in [-0.2, 0) is 15.6 Å². The van der Waals surface area contributed by atoms with Gasteiger partial charge in [-0.1, -0.05) is 41.9 Å². The number of nitrogens with zero attached hydrogens (tertiary/aromatic N) is 1. The number of carbonyl (C=O) groups excluding carboxylic acids is 1. The van der Waals surface area contributed by atoms with Gasteiger partial charge in [0.1, 0.15) is 0 Å². The molecular weight excluding hydrogens is 396 g/mol. The first-order valence-electron chi connectivity index (χ1n) is 9.37. The van der Waals surface area contributed by atoms with Crippen molar-refractivity contribution in [1.29, 1.82) is 0 Å². The van der Waals surface area contributed by atoms with Gasteiger partial charge in [0, 0.05) is 23.4 Å². The molecule has 0 bridgehead atoms. The summed E-state index contributed by atoms with van der Waals surface area (Å²) < 4.78 is 23.0. The number of nitrogens with one attached hydrogen (secondary N) is 1. The van der Waals surface area contributed by atoms with E-state index < -0.39 is 9.84 Å². The summed E-state index contributed by atoms with van der Waals surface area (Å²) in [5.41, 5.74) is 2.08. The minimum absolute atomic E-state index is 0.0133. The topological polar surface area (TPSA) is 66.5 Å². The lowest BCUT2D eigenvalue weighted by atomic mass is 10.0. The van der Waals surface area contributed by atoms with Crippen molar-refractivity contribution in [2.45, 2.75) is 24.6 Å². The fourth-order valence-corrected chi connectivity index (χ4v) is 4.68. The highest BCUT2D eigenvalue weighted by Crippen LogP contribution is 2.29. The molecule has 1 amide bonds.